The number of nitrogens with one attached hydrogen (secondary N) is 1. The summed E-state index contributed by atoms with van der Waals surface area (Å²) in [5, 5.41) is 11.5. The summed E-state index contributed by atoms with van der Waals surface area (Å²) in [7, 11) is 0. The molecule has 0 rings (SSSR count). The van der Waals surface area contributed by atoms with Crippen LogP contribution < -0.4 is 11.1 Å². The molecule has 5 heteroatoms. The quantitative estimate of drug-likeness (QED) is 0.539. The number of amides is 1. The lowest BCUT2D eigenvalue weighted by Crippen LogP contribution is -2.41. The average Bonchev–Trinajstić information content (AvgIpc) is 2.11. The summed E-state index contributed by atoms with van der Waals surface area (Å²) in [6, 6.07) is -0.351. The average molecular weight is 202 g/mol. The molecule has 2 atom stereocenters. The maximum absolute atomic E-state index is 10.8. The standard InChI is InChI=1S/C9H18N2O3/c1-3-7(8(10)12)11-5-4-6(2)9(13)14/h6-7,11H,3-5H2,1-2H3,(H2,10,12)(H,13,14)/t6-,7?/m0/s1. The zero-order chi connectivity index (χ0) is 11.1. The molecule has 14 heavy (non-hydrogen) atoms. The van der Waals surface area contributed by atoms with Crippen LogP contribution in [0.3, 0.4) is 0 Å². The minimum absolute atomic E-state index is 0.351. The molecule has 0 saturated heterocycles. The van der Waals surface area contributed by atoms with Crippen molar-refractivity contribution in [2.75, 3.05) is 6.54 Å². The van der Waals surface area contributed by atoms with Crippen molar-refractivity contribution in [3.8, 4) is 0 Å². The van der Waals surface area contributed by atoms with Gasteiger partial charge in [0.1, 0.15) is 0 Å². The zero-order valence-electron chi connectivity index (χ0n) is 8.62. The molecule has 0 saturated carbocycles. The number of carboxylic acids is 1. The van der Waals surface area contributed by atoms with Crippen LogP contribution in [-0.4, -0.2) is 29.6 Å². The Morgan fingerprint density at radius 1 is 1.50 bits per heavy atom. The van der Waals surface area contributed by atoms with Gasteiger partial charge >= 0.3 is 5.97 Å². The lowest BCUT2D eigenvalue weighted by Gasteiger charge is -2.13. The Morgan fingerprint density at radius 3 is 2.43 bits per heavy atom. The predicted octanol–water partition coefficient (Wildman–Crippen LogP) is -0.0493. The minimum atomic E-state index is -0.820. The van der Waals surface area contributed by atoms with E-state index in [9.17, 15) is 9.59 Å². The molecule has 5 nitrogen and oxygen atoms in total. The highest BCUT2D eigenvalue weighted by Crippen LogP contribution is 2.00. The number of hydrogen-bond donors (Lipinski definition) is 3. The third-order valence-electron chi connectivity index (χ3n) is 2.14. The van der Waals surface area contributed by atoms with Crippen LogP contribution in [0, 0.1) is 5.92 Å². The van der Waals surface area contributed by atoms with Crippen molar-refractivity contribution in [1.82, 2.24) is 5.32 Å². The first kappa shape index (κ1) is 12.9. The van der Waals surface area contributed by atoms with E-state index in [1.165, 1.54) is 0 Å². The smallest absolute Gasteiger partial charge is 0.306 e. The Morgan fingerprint density at radius 2 is 2.07 bits per heavy atom. The maximum Gasteiger partial charge on any atom is 0.306 e. The molecule has 0 aromatic heterocycles. The highest BCUT2D eigenvalue weighted by molar-refractivity contribution is 5.79. The van der Waals surface area contributed by atoms with Crippen LogP contribution >= 0.6 is 0 Å². The number of hydrogen-bond acceptors (Lipinski definition) is 3. The van der Waals surface area contributed by atoms with E-state index in [1.54, 1.807) is 6.92 Å². The Labute approximate surface area is 83.7 Å². The zero-order valence-corrected chi connectivity index (χ0v) is 8.62. The topological polar surface area (TPSA) is 92.4 Å². The molecule has 0 aromatic carbocycles. The third kappa shape index (κ3) is 4.81. The highest BCUT2D eigenvalue weighted by atomic mass is 16.4. The van der Waals surface area contributed by atoms with Crippen LogP contribution in [0.4, 0.5) is 0 Å². The first-order valence-electron chi connectivity index (χ1n) is 4.74. The fourth-order valence-corrected chi connectivity index (χ4v) is 1.04. The maximum atomic E-state index is 10.8. The third-order valence-corrected chi connectivity index (χ3v) is 2.14. The van der Waals surface area contributed by atoms with Gasteiger partial charge in [0.15, 0.2) is 0 Å². The molecule has 1 unspecified atom stereocenters. The summed E-state index contributed by atoms with van der Waals surface area (Å²) >= 11 is 0. The summed E-state index contributed by atoms with van der Waals surface area (Å²) in [6.07, 6.45) is 1.12. The molecule has 0 spiro atoms. The van der Waals surface area contributed by atoms with Gasteiger partial charge in [0.25, 0.3) is 0 Å². The van der Waals surface area contributed by atoms with Gasteiger partial charge < -0.3 is 16.2 Å². The van der Waals surface area contributed by atoms with Crippen LogP contribution in [0.1, 0.15) is 26.7 Å². The van der Waals surface area contributed by atoms with Gasteiger partial charge in [-0.25, -0.2) is 0 Å². The SMILES string of the molecule is CCC(NCC[C@H](C)C(=O)O)C(N)=O. The fourth-order valence-electron chi connectivity index (χ4n) is 1.04. The summed E-state index contributed by atoms with van der Waals surface area (Å²) in [5.74, 6) is -1.61. The normalized spacial score (nSPS) is 14.7. The van der Waals surface area contributed by atoms with E-state index >= 15 is 0 Å². The van der Waals surface area contributed by atoms with E-state index in [2.05, 4.69) is 5.32 Å². The van der Waals surface area contributed by atoms with Gasteiger partial charge in [-0.3, -0.25) is 9.59 Å². The lowest BCUT2D eigenvalue weighted by atomic mass is 10.1. The van der Waals surface area contributed by atoms with Crippen molar-refractivity contribution >= 4 is 11.9 Å². The van der Waals surface area contributed by atoms with Crippen molar-refractivity contribution in [2.24, 2.45) is 11.7 Å². The van der Waals surface area contributed by atoms with Crippen molar-refractivity contribution < 1.29 is 14.7 Å². The largest absolute Gasteiger partial charge is 0.481 e. The molecule has 0 aliphatic heterocycles. The van der Waals surface area contributed by atoms with Crippen molar-refractivity contribution in [3.63, 3.8) is 0 Å². The van der Waals surface area contributed by atoms with E-state index in [-0.39, 0.29) is 6.04 Å². The first-order chi connectivity index (χ1) is 6.49. The molecule has 82 valence electrons. The van der Waals surface area contributed by atoms with Gasteiger partial charge in [0.05, 0.1) is 12.0 Å². The highest BCUT2D eigenvalue weighted by Gasteiger charge is 2.14. The van der Waals surface area contributed by atoms with Gasteiger partial charge in [0, 0.05) is 0 Å². The van der Waals surface area contributed by atoms with Crippen LogP contribution in [0.2, 0.25) is 0 Å². The van der Waals surface area contributed by atoms with Gasteiger partial charge in [0.2, 0.25) is 5.91 Å². The van der Waals surface area contributed by atoms with Gasteiger partial charge in [-0.05, 0) is 19.4 Å². The summed E-state index contributed by atoms with van der Waals surface area (Å²) < 4.78 is 0. The molecule has 0 aliphatic rings. The molecular weight excluding hydrogens is 184 g/mol. The van der Waals surface area contributed by atoms with Crippen molar-refractivity contribution in [2.45, 2.75) is 32.7 Å². The van der Waals surface area contributed by atoms with E-state index in [0.717, 1.165) is 0 Å². The summed E-state index contributed by atoms with van der Waals surface area (Å²) in [4.78, 5) is 21.2. The molecular formula is C9H18N2O3. The number of carbonyl (C=O) groups is 2. The second-order valence-corrected chi connectivity index (χ2v) is 3.35. The van der Waals surface area contributed by atoms with Gasteiger partial charge in [-0.1, -0.05) is 13.8 Å². The van der Waals surface area contributed by atoms with Crippen molar-refractivity contribution in [3.05, 3.63) is 0 Å². The minimum Gasteiger partial charge on any atom is -0.481 e. The van der Waals surface area contributed by atoms with Gasteiger partial charge in [-0.15, -0.1) is 0 Å². The molecule has 0 radical (unpaired) electrons. The number of aliphatic carboxylic acids is 1. The molecule has 0 aliphatic carbocycles. The number of primary amides is 1. The Bertz CT molecular complexity index is 206. The summed E-state index contributed by atoms with van der Waals surface area (Å²) in [5.41, 5.74) is 5.11. The van der Waals surface area contributed by atoms with Crippen LogP contribution in [0.5, 0.6) is 0 Å². The second-order valence-electron chi connectivity index (χ2n) is 3.35. The van der Waals surface area contributed by atoms with Crippen LogP contribution in [0.15, 0.2) is 0 Å². The van der Waals surface area contributed by atoms with Crippen LogP contribution in [-0.2, 0) is 9.59 Å². The predicted molar refractivity (Wildman–Crippen MR) is 52.7 cm³/mol. The van der Waals surface area contributed by atoms with E-state index < -0.39 is 17.8 Å². The van der Waals surface area contributed by atoms with Crippen LogP contribution in [0.25, 0.3) is 0 Å². The molecule has 1 amide bonds. The Kier molecular flexibility index (Phi) is 5.87. The molecule has 0 heterocycles. The second kappa shape index (κ2) is 6.37. The number of rotatable bonds is 7. The Balaban J connectivity index is 3.71. The monoisotopic (exact) mass is 202 g/mol. The number of carboxylic acid groups (broad SMARTS) is 1. The van der Waals surface area contributed by atoms with E-state index in [0.29, 0.717) is 19.4 Å². The number of nitrogens with two attached hydrogens (primary N) is 1. The fraction of sp³-hybridized carbons (Fsp3) is 0.778. The lowest BCUT2D eigenvalue weighted by molar-refractivity contribution is -0.141. The molecule has 0 bridgehead atoms. The van der Waals surface area contributed by atoms with Gasteiger partial charge in [-0.2, -0.15) is 0 Å². The Hall–Kier alpha value is -1.10. The molecule has 4 N–H and O–H groups in total. The molecule has 0 fully saturated rings. The summed E-state index contributed by atoms with van der Waals surface area (Å²) in [6.45, 7) is 3.98. The first-order valence-corrected chi connectivity index (χ1v) is 4.74. The molecule has 0 aromatic rings. The van der Waals surface area contributed by atoms with Crippen molar-refractivity contribution in [1.29, 1.82) is 0 Å². The number of carbonyl (C=O) groups excluding carboxylic acids is 1. The van der Waals surface area contributed by atoms with E-state index in [4.69, 9.17) is 10.8 Å². The van der Waals surface area contributed by atoms with E-state index in [1.807, 2.05) is 6.92 Å².